The summed E-state index contributed by atoms with van der Waals surface area (Å²) in [6, 6.07) is 0.665. The lowest BCUT2D eigenvalue weighted by Crippen LogP contribution is -2.39. The Morgan fingerprint density at radius 3 is 2.80 bits per heavy atom. The first-order chi connectivity index (χ1) is 7.36. The van der Waals surface area contributed by atoms with Crippen molar-refractivity contribution in [3.05, 3.63) is 0 Å². The minimum Gasteiger partial charge on any atom is -0.395 e. The maximum absolute atomic E-state index is 9.01. The number of aliphatic hydroxyl groups is 1. The van der Waals surface area contributed by atoms with Crippen LogP contribution in [-0.2, 0) is 0 Å². The molecule has 0 amide bonds. The second-order valence-corrected chi connectivity index (χ2v) is 4.52. The van der Waals surface area contributed by atoms with Gasteiger partial charge in [-0.2, -0.15) is 0 Å². The molecule has 0 spiro atoms. The highest BCUT2D eigenvalue weighted by atomic mass is 16.3. The minimum absolute atomic E-state index is 0.291. The molecule has 0 aromatic carbocycles. The summed E-state index contributed by atoms with van der Waals surface area (Å²) in [5.41, 5.74) is 0. The zero-order valence-electron chi connectivity index (χ0n) is 10.0. The van der Waals surface area contributed by atoms with Gasteiger partial charge in [0, 0.05) is 19.1 Å². The van der Waals surface area contributed by atoms with Gasteiger partial charge in [0.1, 0.15) is 0 Å². The van der Waals surface area contributed by atoms with E-state index in [0.717, 1.165) is 19.6 Å². The predicted molar refractivity (Wildman–Crippen MR) is 64.1 cm³/mol. The van der Waals surface area contributed by atoms with Crippen molar-refractivity contribution >= 4 is 0 Å². The highest BCUT2D eigenvalue weighted by molar-refractivity contribution is 4.77. The number of unbranched alkanes of at least 4 members (excludes halogenated alkanes) is 2. The van der Waals surface area contributed by atoms with Gasteiger partial charge in [0.05, 0.1) is 6.61 Å². The van der Waals surface area contributed by atoms with E-state index >= 15 is 0 Å². The standard InChI is InChI=1S/C12H26N2O/c1-2-3-4-8-14(9-10-15)11-12-6-5-7-13-12/h12-13,15H,2-11H2,1H3. The summed E-state index contributed by atoms with van der Waals surface area (Å²) in [6.45, 7) is 6.79. The number of nitrogens with one attached hydrogen (secondary N) is 1. The smallest absolute Gasteiger partial charge is 0.0558 e. The molecule has 1 fully saturated rings. The van der Waals surface area contributed by atoms with Crippen molar-refractivity contribution in [2.45, 2.75) is 45.1 Å². The molecular weight excluding hydrogens is 188 g/mol. The monoisotopic (exact) mass is 214 g/mol. The van der Waals surface area contributed by atoms with E-state index in [1.807, 2.05) is 0 Å². The summed E-state index contributed by atoms with van der Waals surface area (Å²) in [7, 11) is 0. The molecule has 1 atom stereocenters. The molecule has 90 valence electrons. The van der Waals surface area contributed by atoms with E-state index in [1.54, 1.807) is 0 Å². The van der Waals surface area contributed by atoms with Crippen LogP contribution in [0, 0.1) is 0 Å². The van der Waals surface area contributed by atoms with Gasteiger partial charge in [0.25, 0.3) is 0 Å². The fourth-order valence-corrected chi connectivity index (χ4v) is 2.25. The zero-order valence-corrected chi connectivity index (χ0v) is 10.0. The van der Waals surface area contributed by atoms with E-state index in [4.69, 9.17) is 5.11 Å². The van der Waals surface area contributed by atoms with Crippen molar-refractivity contribution < 1.29 is 5.11 Å². The lowest BCUT2D eigenvalue weighted by atomic mass is 10.2. The first-order valence-corrected chi connectivity index (χ1v) is 6.43. The summed E-state index contributed by atoms with van der Waals surface area (Å²) in [4.78, 5) is 2.40. The van der Waals surface area contributed by atoms with Gasteiger partial charge < -0.3 is 10.4 Å². The summed E-state index contributed by atoms with van der Waals surface area (Å²) in [6.07, 6.45) is 6.46. The Hall–Kier alpha value is -0.120. The van der Waals surface area contributed by atoms with Gasteiger partial charge in [-0.05, 0) is 32.4 Å². The van der Waals surface area contributed by atoms with Gasteiger partial charge in [-0.15, -0.1) is 0 Å². The molecule has 1 aliphatic heterocycles. The van der Waals surface area contributed by atoms with Gasteiger partial charge >= 0.3 is 0 Å². The molecule has 0 bridgehead atoms. The first kappa shape index (κ1) is 12.9. The Morgan fingerprint density at radius 1 is 1.33 bits per heavy atom. The molecular formula is C12H26N2O. The molecule has 0 aromatic heterocycles. The quantitative estimate of drug-likeness (QED) is 0.596. The summed E-state index contributed by atoms with van der Waals surface area (Å²) in [5, 5.41) is 12.5. The van der Waals surface area contributed by atoms with Crippen LogP contribution in [0.5, 0.6) is 0 Å². The summed E-state index contributed by atoms with van der Waals surface area (Å²) in [5.74, 6) is 0. The molecule has 0 radical (unpaired) electrons. The van der Waals surface area contributed by atoms with Crippen molar-refractivity contribution in [3.63, 3.8) is 0 Å². The molecule has 15 heavy (non-hydrogen) atoms. The molecule has 1 unspecified atom stereocenters. The van der Waals surface area contributed by atoms with Gasteiger partial charge in [-0.3, -0.25) is 4.90 Å². The Kier molecular flexibility index (Phi) is 6.98. The third-order valence-corrected chi connectivity index (χ3v) is 3.14. The van der Waals surface area contributed by atoms with Crippen LogP contribution >= 0.6 is 0 Å². The Bertz CT molecular complexity index is 147. The molecule has 0 aromatic rings. The van der Waals surface area contributed by atoms with Crippen LogP contribution in [0.4, 0.5) is 0 Å². The molecule has 1 rings (SSSR count). The lowest BCUT2D eigenvalue weighted by molar-refractivity contribution is 0.182. The first-order valence-electron chi connectivity index (χ1n) is 6.43. The van der Waals surface area contributed by atoms with Gasteiger partial charge in [-0.1, -0.05) is 19.8 Å². The number of aliphatic hydroxyl groups excluding tert-OH is 1. The minimum atomic E-state index is 0.291. The molecule has 1 aliphatic rings. The summed E-state index contributed by atoms with van der Waals surface area (Å²) >= 11 is 0. The topological polar surface area (TPSA) is 35.5 Å². The van der Waals surface area contributed by atoms with E-state index in [1.165, 1.54) is 38.6 Å². The van der Waals surface area contributed by atoms with Crippen LogP contribution in [-0.4, -0.2) is 48.8 Å². The second-order valence-electron chi connectivity index (χ2n) is 4.52. The van der Waals surface area contributed by atoms with Gasteiger partial charge in [0.2, 0.25) is 0 Å². The third kappa shape index (κ3) is 5.50. The van der Waals surface area contributed by atoms with Crippen LogP contribution in [0.15, 0.2) is 0 Å². The van der Waals surface area contributed by atoms with E-state index in [0.29, 0.717) is 12.6 Å². The predicted octanol–water partition coefficient (Wildman–Crippen LogP) is 1.22. The van der Waals surface area contributed by atoms with Crippen molar-refractivity contribution in [2.75, 3.05) is 32.8 Å². The van der Waals surface area contributed by atoms with Crippen LogP contribution in [0.1, 0.15) is 39.0 Å². The van der Waals surface area contributed by atoms with Gasteiger partial charge in [-0.25, -0.2) is 0 Å². The zero-order chi connectivity index (χ0) is 10.9. The molecule has 0 aliphatic carbocycles. The number of nitrogens with zero attached hydrogens (tertiary/aromatic N) is 1. The van der Waals surface area contributed by atoms with E-state index < -0.39 is 0 Å². The maximum Gasteiger partial charge on any atom is 0.0558 e. The highest BCUT2D eigenvalue weighted by Crippen LogP contribution is 2.07. The summed E-state index contributed by atoms with van der Waals surface area (Å²) < 4.78 is 0. The third-order valence-electron chi connectivity index (χ3n) is 3.14. The van der Waals surface area contributed by atoms with E-state index in [2.05, 4.69) is 17.1 Å². The van der Waals surface area contributed by atoms with Crippen LogP contribution < -0.4 is 5.32 Å². The van der Waals surface area contributed by atoms with Crippen LogP contribution in [0.25, 0.3) is 0 Å². The van der Waals surface area contributed by atoms with E-state index in [9.17, 15) is 0 Å². The average Bonchev–Trinajstić information content (AvgIpc) is 2.71. The molecule has 1 saturated heterocycles. The Labute approximate surface area is 93.9 Å². The number of hydrogen-bond acceptors (Lipinski definition) is 3. The lowest BCUT2D eigenvalue weighted by Gasteiger charge is -2.24. The molecule has 0 saturated carbocycles. The van der Waals surface area contributed by atoms with Crippen molar-refractivity contribution in [1.29, 1.82) is 0 Å². The fraction of sp³-hybridized carbons (Fsp3) is 1.00. The molecule has 3 heteroatoms. The van der Waals surface area contributed by atoms with Crippen LogP contribution in [0.3, 0.4) is 0 Å². The Morgan fingerprint density at radius 2 is 2.20 bits per heavy atom. The average molecular weight is 214 g/mol. The van der Waals surface area contributed by atoms with Gasteiger partial charge in [0.15, 0.2) is 0 Å². The van der Waals surface area contributed by atoms with Crippen LogP contribution in [0.2, 0.25) is 0 Å². The second kappa shape index (κ2) is 8.08. The normalized spacial score (nSPS) is 21.4. The maximum atomic E-state index is 9.01. The Balaban J connectivity index is 2.16. The largest absolute Gasteiger partial charge is 0.395 e. The van der Waals surface area contributed by atoms with Crippen molar-refractivity contribution in [1.82, 2.24) is 10.2 Å². The fourth-order valence-electron chi connectivity index (χ4n) is 2.25. The number of hydrogen-bond donors (Lipinski definition) is 2. The van der Waals surface area contributed by atoms with Crippen molar-refractivity contribution in [3.8, 4) is 0 Å². The molecule has 2 N–H and O–H groups in total. The SMILES string of the molecule is CCCCCN(CCO)CC1CCCN1. The van der Waals surface area contributed by atoms with Crippen molar-refractivity contribution in [2.24, 2.45) is 0 Å². The number of rotatable bonds is 8. The van der Waals surface area contributed by atoms with E-state index in [-0.39, 0.29) is 0 Å². The molecule has 3 nitrogen and oxygen atoms in total. The highest BCUT2D eigenvalue weighted by Gasteiger charge is 2.17. The molecule has 1 heterocycles.